The summed E-state index contributed by atoms with van der Waals surface area (Å²) < 4.78 is 0. The Labute approximate surface area is 72.0 Å². The minimum Gasteiger partial charge on any atom is -0.380 e. The fourth-order valence-corrected chi connectivity index (χ4v) is 1.25. The van der Waals surface area contributed by atoms with Gasteiger partial charge >= 0.3 is 0 Å². The van der Waals surface area contributed by atoms with Gasteiger partial charge in [0.25, 0.3) is 0 Å². The lowest BCUT2D eigenvalue weighted by Gasteiger charge is -2.21. The predicted octanol–water partition coefficient (Wildman–Crippen LogP) is 2.20. The van der Waals surface area contributed by atoms with Gasteiger partial charge < -0.3 is 4.84 Å². The molecule has 2 nitrogen and oxygen atoms in total. The molecule has 0 saturated heterocycles. The molecule has 1 aromatic rings. The molecule has 0 saturated carbocycles. The van der Waals surface area contributed by atoms with E-state index in [0.29, 0.717) is 0 Å². The van der Waals surface area contributed by atoms with Crippen molar-refractivity contribution in [3.63, 3.8) is 0 Å². The molecule has 2 heteroatoms. The summed E-state index contributed by atoms with van der Waals surface area (Å²) in [6.45, 7) is 2.08. The molecule has 1 heterocycles. The van der Waals surface area contributed by atoms with E-state index < -0.39 is 0 Å². The minimum atomic E-state index is 0.922. The van der Waals surface area contributed by atoms with Crippen LogP contribution in [-0.4, -0.2) is 12.1 Å². The Balaban J connectivity index is 2.47. The third-order valence-electron chi connectivity index (χ3n) is 1.87. The number of nitrogens with zero attached hydrogens (tertiary/aromatic N) is 1. The number of rotatable bonds is 0. The van der Waals surface area contributed by atoms with Crippen molar-refractivity contribution in [2.45, 2.75) is 6.92 Å². The van der Waals surface area contributed by atoms with Crippen LogP contribution in [0.15, 0.2) is 24.4 Å². The summed E-state index contributed by atoms with van der Waals surface area (Å²) >= 11 is 0. The van der Waals surface area contributed by atoms with Crippen LogP contribution in [0.1, 0.15) is 11.1 Å². The molecular weight excluding hydrogens is 150 g/mol. The number of hydroxylamine groups is 2. The van der Waals surface area contributed by atoms with Gasteiger partial charge in [-0.1, -0.05) is 11.6 Å². The predicted molar refractivity (Wildman–Crippen MR) is 48.6 cm³/mol. The first kappa shape index (κ1) is 7.22. The van der Waals surface area contributed by atoms with Crippen LogP contribution in [0.5, 0.6) is 5.75 Å². The van der Waals surface area contributed by atoms with Crippen LogP contribution in [0.2, 0.25) is 0 Å². The highest BCUT2D eigenvalue weighted by Crippen LogP contribution is 2.25. The molecule has 0 radical (unpaired) electrons. The fourth-order valence-electron chi connectivity index (χ4n) is 1.25. The first-order chi connectivity index (χ1) is 5.75. The molecule has 1 aliphatic heterocycles. The van der Waals surface area contributed by atoms with E-state index in [1.165, 1.54) is 5.56 Å². The van der Waals surface area contributed by atoms with Gasteiger partial charge in [-0.25, -0.2) is 5.06 Å². The van der Waals surface area contributed by atoms with Crippen LogP contribution in [0, 0.1) is 6.92 Å². The highest BCUT2D eigenvalue weighted by Gasteiger charge is 2.07. The van der Waals surface area contributed by atoms with Crippen LogP contribution >= 0.6 is 0 Å². The second-order valence-electron chi connectivity index (χ2n) is 2.99. The Morgan fingerprint density at radius 3 is 3.00 bits per heavy atom. The van der Waals surface area contributed by atoms with Gasteiger partial charge in [0.05, 0.1) is 0 Å². The molecular formula is C10H11NO. The summed E-state index contributed by atoms with van der Waals surface area (Å²) in [5.74, 6) is 0.922. The molecule has 0 spiro atoms. The Kier molecular flexibility index (Phi) is 1.54. The lowest BCUT2D eigenvalue weighted by molar-refractivity contribution is 0.0188. The maximum absolute atomic E-state index is 5.43. The standard InChI is InChI=1S/C10H11NO/c1-8-3-4-10-9(7-8)5-6-11(2)12-10/h3-7H,1-2H3. The molecule has 0 amide bonds. The SMILES string of the molecule is Cc1ccc2c(c1)C=CN(C)O2. The van der Waals surface area contributed by atoms with Gasteiger partial charge in [0.15, 0.2) is 5.75 Å². The molecule has 12 heavy (non-hydrogen) atoms. The van der Waals surface area contributed by atoms with E-state index in [1.807, 2.05) is 31.5 Å². The Morgan fingerprint density at radius 1 is 1.33 bits per heavy atom. The first-order valence-corrected chi connectivity index (χ1v) is 3.95. The highest BCUT2D eigenvalue weighted by molar-refractivity contribution is 5.59. The van der Waals surface area contributed by atoms with Crippen molar-refractivity contribution in [2.75, 3.05) is 7.05 Å². The third kappa shape index (κ3) is 1.16. The molecule has 1 aromatic carbocycles. The molecule has 0 atom stereocenters. The monoisotopic (exact) mass is 161 g/mol. The van der Waals surface area contributed by atoms with Crippen LogP contribution < -0.4 is 4.84 Å². The van der Waals surface area contributed by atoms with Crippen molar-refractivity contribution in [3.8, 4) is 5.75 Å². The second-order valence-corrected chi connectivity index (χ2v) is 2.99. The average molecular weight is 161 g/mol. The van der Waals surface area contributed by atoms with Gasteiger partial charge in [0.1, 0.15) is 0 Å². The lowest BCUT2D eigenvalue weighted by atomic mass is 10.1. The van der Waals surface area contributed by atoms with Crippen LogP contribution in [0.4, 0.5) is 0 Å². The summed E-state index contributed by atoms with van der Waals surface area (Å²) in [6, 6.07) is 6.15. The minimum absolute atomic E-state index is 0.922. The lowest BCUT2D eigenvalue weighted by Crippen LogP contribution is -2.18. The van der Waals surface area contributed by atoms with E-state index in [0.717, 1.165) is 11.3 Å². The number of aryl methyl sites for hydroxylation is 1. The third-order valence-corrected chi connectivity index (χ3v) is 1.87. The molecule has 0 aliphatic carbocycles. The van der Waals surface area contributed by atoms with Gasteiger partial charge in [-0.15, -0.1) is 0 Å². The van der Waals surface area contributed by atoms with Crippen LogP contribution in [0.25, 0.3) is 6.08 Å². The van der Waals surface area contributed by atoms with E-state index in [1.54, 1.807) is 5.06 Å². The fraction of sp³-hybridized carbons (Fsp3) is 0.200. The van der Waals surface area contributed by atoms with Crippen LogP contribution in [0.3, 0.4) is 0 Å². The molecule has 0 bridgehead atoms. The Bertz CT molecular complexity index is 331. The van der Waals surface area contributed by atoms with E-state index in [9.17, 15) is 0 Å². The highest BCUT2D eigenvalue weighted by atomic mass is 16.7. The van der Waals surface area contributed by atoms with E-state index in [-0.39, 0.29) is 0 Å². The topological polar surface area (TPSA) is 12.5 Å². The average Bonchev–Trinajstić information content (AvgIpc) is 2.05. The summed E-state index contributed by atoms with van der Waals surface area (Å²) in [5.41, 5.74) is 2.40. The van der Waals surface area contributed by atoms with E-state index >= 15 is 0 Å². The van der Waals surface area contributed by atoms with Gasteiger partial charge in [-0.2, -0.15) is 0 Å². The van der Waals surface area contributed by atoms with Crippen LogP contribution in [-0.2, 0) is 0 Å². The van der Waals surface area contributed by atoms with Gasteiger partial charge in [-0.3, -0.25) is 0 Å². The second kappa shape index (κ2) is 2.55. The molecule has 62 valence electrons. The summed E-state index contributed by atoms with van der Waals surface area (Å²) in [4.78, 5) is 5.43. The smallest absolute Gasteiger partial charge is 0.162 e. The summed E-state index contributed by atoms with van der Waals surface area (Å²) in [6.07, 6.45) is 3.95. The normalized spacial score (nSPS) is 14.0. The van der Waals surface area contributed by atoms with Gasteiger partial charge in [0, 0.05) is 18.8 Å². The molecule has 0 N–H and O–H groups in total. The zero-order valence-corrected chi connectivity index (χ0v) is 7.24. The Morgan fingerprint density at radius 2 is 2.17 bits per heavy atom. The number of hydrogen-bond donors (Lipinski definition) is 0. The molecule has 0 unspecified atom stereocenters. The van der Waals surface area contributed by atoms with Gasteiger partial charge in [0.2, 0.25) is 0 Å². The first-order valence-electron chi connectivity index (χ1n) is 3.95. The zero-order valence-electron chi connectivity index (χ0n) is 7.24. The zero-order chi connectivity index (χ0) is 8.55. The van der Waals surface area contributed by atoms with Crippen molar-refractivity contribution in [1.82, 2.24) is 5.06 Å². The van der Waals surface area contributed by atoms with Crippen molar-refractivity contribution < 1.29 is 4.84 Å². The molecule has 2 rings (SSSR count). The van der Waals surface area contributed by atoms with Crippen molar-refractivity contribution in [3.05, 3.63) is 35.5 Å². The number of hydrogen-bond acceptors (Lipinski definition) is 2. The quantitative estimate of drug-likeness (QED) is 0.578. The number of benzene rings is 1. The van der Waals surface area contributed by atoms with E-state index in [4.69, 9.17) is 4.84 Å². The maximum atomic E-state index is 5.43. The van der Waals surface area contributed by atoms with Crippen molar-refractivity contribution in [1.29, 1.82) is 0 Å². The van der Waals surface area contributed by atoms with Crippen molar-refractivity contribution in [2.24, 2.45) is 0 Å². The number of fused-ring (bicyclic) bond motifs is 1. The molecule has 0 aromatic heterocycles. The molecule has 0 fully saturated rings. The summed E-state index contributed by atoms with van der Waals surface area (Å²) in [7, 11) is 1.87. The van der Waals surface area contributed by atoms with Crippen molar-refractivity contribution >= 4 is 6.08 Å². The maximum Gasteiger partial charge on any atom is 0.162 e. The molecule has 1 aliphatic rings. The van der Waals surface area contributed by atoms with Gasteiger partial charge in [-0.05, 0) is 25.1 Å². The Hall–Kier alpha value is -1.44. The summed E-state index contributed by atoms with van der Waals surface area (Å²) in [5, 5.41) is 1.69. The largest absolute Gasteiger partial charge is 0.380 e. The van der Waals surface area contributed by atoms with E-state index in [2.05, 4.69) is 13.0 Å².